The van der Waals surface area contributed by atoms with E-state index in [1.54, 1.807) is 19.2 Å². The smallest absolute Gasteiger partial charge is 0.216 e. The van der Waals surface area contributed by atoms with Gasteiger partial charge in [-0.15, -0.1) is 10.2 Å². The number of nitrogens with zero attached hydrogens (tertiary/aromatic N) is 4. The number of methoxy groups -OCH3 is 1. The fraction of sp³-hybridized carbons (Fsp3) is 0.286. The summed E-state index contributed by atoms with van der Waals surface area (Å²) in [5, 5.41) is 28.1. The number of ether oxygens (including phenoxy) is 1. The van der Waals surface area contributed by atoms with E-state index in [9.17, 15) is 4.39 Å². The number of anilines is 2. The number of halogens is 1. The molecule has 0 saturated carbocycles. The van der Waals surface area contributed by atoms with Gasteiger partial charge in [-0.3, -0.25) is 0 Å². The molecule has 0 saturated heterocycles. The molecule has 0 fully saturated rings. The van der Waals surface area contributed by atoms with Crippen molar-refractivity contribution in [2.75, 3.05) is 30.9 Å². The van der Waals surface area contributed by atoms with E-state index in [0.29, 0.717) is 24.5 Å². The van der Waals surface area contributed by atoms with Crippen LogP contribution < -0.4 is 10.6 Å². The molecule has 23 heavy (non-hydrogen) atoms. The molecule has 0 aliphatic rings. The Morgan fingerprint density at radius 2 is 2.39 bits per heavy atom. The van der Waals surface area contributed by atoms with Crippen LogP contribution in [0, 0.1) is 17.1 Å². The summed E-state index contributed by atoms with van der Waals surface area (Å²) in [5.41, 5.74) is 0.997. The predicted molar refractivity (Wildman–Crippen MR) is 82.8 cm³/mol. The summed E-state index contributed by atoms with van der Waals surface area (Å²) in [7, 11) is 1.61. The Labute approximate surface area is 132 Å². The lowest BCUT2D eigenvalue weighted by Crippen LogP contribution is -2.08. The number of nitriles is 1. The fourth-order valence-electron chi connectivity index (χ4n) is 1.83. The molecule has 0 bridgehead atoms. The molecule has 1 heterocycles. The van der Waals surface area contributed by atoms with Crippen molar-refractivity contribution in [2.24, 2.45) is 0 Å². The lowest BCUT2D eigenvalue weighted by molar-refractivity contribution is 0.198. The molecule has 1 aromatic heterocycles. The number of para-hydroxylation sites is 1. The number of benzene rings is 1. The number of hydrogen-bond acceptors (Lipinski definition) is 7. The molecular formula is C14H16FN7O. The van der Waals surface area contributed by atoms with Crippen LogP contribution in [0.15, 0.2) is 24.4 Å². The first-order valence-electron chi connectivity index (χ1n) is 6.88. The second-order valence-corrected chi connectivity index (χ2v) is 4.49. The van der Waals surface area contributed by atoms with Crippen molar-refractivity contribution in [3.8, 4) is 6.07 Å². The number of H-pyrrole nitrogens is 1. The summed E-state index contributed by atoms with van der Waals surface area (Å²) in [4.78, 5) is 0. The van der Waals surface area contributed by atoms with Crippen molar-refractivity contribution >= 4 is 16.9 Å². The first-order chi connectivity index (χ1) is 11.3. The Hall–Kier alpha value is -2.99. The van der Waals surface area contributed by atoms with Gasteiger partial charge < -0.3 is 15.4 Å². The van der Waals surface area contributed by atoms with E-state index in [1.165, 1.54) is 12.3 Å². The maximum Gasteiger partial charge on any atom is 0.216 e. The van der Waals surface area contributed by atoms with Gasteiger partial charge in [0, 0.05) is 26.5 Å². The highest BCUT2D eigenvalue weighted by molar-refractivity contribution is 5.77. The van der Waals surface area contributed by atoms with Gasteiger partial charge in [0.05, 0.1) is 11.4 Å². The quantitative estimate of drug-likeness (QED) is 0.502. The average molecular weight is 317 g/mol. The number of hydrogen-bond donors (Lipinski definition) is 3. The lowest BCUT2D eigenvalue weighted by atomic mass is 10.2. The second-order valence-electron chi connectivity index (χ2n) is 4.49. The number of allylic oxidation sites excluding steroid dienone is 1. The van der Waals surface area contributed by atoms with Crippen LogP contribution in [0.5, 0.6) is 0 Å². The number of rotatable bonds is 8. The lowest BCUT2D eigenvalue weighted by Gasteiger charge is -2.13. The second kappa shape index (κ2) is 8.45. The van der Waals surface area contributed by atoms with Crippen LogP contribution in [0.2, 0.25) is 0 Å². The highest BCUT2D eigenvalue weighted by atomic mass is 19.1. The molecule has 0 spiro atoms. The van der Waals surface area contributed by atoms with Crippen LogP contribution >= 0.6 is 0 Å². The first-order valence-corrected chi connectivity index (χ1v) is 6.88. The maximum absolute atomic E-state index is 14.0. The normalized spacial score (nSPS) is 11.1. The molecule has 0 aliphatic heterocycles. The van der Waals surface area contributed by atoms with Crippen molar-refractivity contribution < 1.29 is 9.13 Å². The van der Waals surface area contributed by atoms with Gasteiger partial charge in [0.1, 0.15) is 17.5 Å². The maximum atomic E-state index is 14.0. The molecule has 2 aromatic rings. The van der Waals surface area contributed by atoms with Crippen molar-refractivity contribution in [3.05, 3.63) is 36.0 Å². The molecule has 2 rings (SSSR count). The van der Waals surface area contributed by atoms with Gasteiger partial charge in [-0.25, -0.2) is 4.39 Å². The highest BCUT2D eigenvalue weighted by Crippen LogP contribution is 2.25. The minimum absolute atomic E-state index is 0.158. The van der Waals surface area contributed by atoms with E-state index >= 15 is 0 Å². The summed E-state index contributed by atoms with van der Waals surface area (Å²) >= 11 is 0. The summed E-state index contributed by atoms with van der Waals surface area (Å²) in [6.07, 6.45) is 2.15. The van der Waals surface area contributed by atoms with Crippen LogP contribution in [-0.4, -0.2) is 40.9 Å². The average Bonchev–Trinajstić information content (AvgIpc) is 3.08. The van der Waals surface area contributed by atoms with Crippen LogP contribution in [0.3, 0.4) is 0 Å². The third-order valence-electron chi connectivity index (χ3n) is 2.92. The van der Waals surface area contributed by atoms with Gasteiger partial charge in [-0.1, -0.05) is 6.07 Å². The zero-order valence-electron chi connectivity index (χ0n) is 12.5. The van der Waals surface area contributed by atoms with Crippen molar-refractivity contribution in [1.29, 1.82) is 5.26 Å². The van der Waals surface area contributed by atoms with Gasteiger partial charge in [0.2, 0.25) is 5.82 Å². The summed E-state index contributed by atoms with van der Waals surface area (Å²) in [5.74, 6) is -0.232. The molecule has 0 radical (unpaired) electrons. The molecule has 0 unspecified atom stereocenters. The topological polar surface area (TPSA) is 112 Å². The van der Waals surface area contributed by atoms with Gasteiger partial charge in [-0.05, 0) is 23.8 Å². The zero-order chi connectivity index (χ0) is 16.5. The highest BCUT2D eigenvalue weighted by Gasteiger charge is 2.09. The largest absolute Gasteiger partial charge is 0.385 e. The number of aromatic amines is 1. The number of nitrogens with one attached hydrogen (secondary N) is 3. The molecule has 3 N–H and O–H groups in total. The molecule has 0 atom stereocenters. The van der Waals surface area contributed by atoms with Crippen LogP contribution in [0.4, 0.5) is 15.8 Å². The third-order valence-corrected chi connectivity index (χ3v) is 2.92. The molecule has 1 aromatic carbocycles. The molecule has 0 amide bonds. The Kier molecular flexibility index (Phi) is 6.02. The minimum atomic E-state index is -0.390. The van der Waals surface area contributed by atoms with E-state index < -0.39 is 0 Å². The molecular weight excluding hydrogens is 301 g/mol. The Morgan fingerprint density at radius 3 is 3.09 bits per heavy atom. The molecule has 8 nitrogen and oxygen atoms in total. The van der Waals surface area contributed by atoms with Crippen molar-refractivity contribution in [3.63, 3.8) is 0 Å². The van der Waals surface area contributed by atoms with Crippen LogP contribution in [0.1, 0.15) is 12.2 Å². The fourth-order valence-corrected chi connectivity index (χ4v) is 1.83. The number of aromatic nitrogens is 4. The van der Waals surface area contributed by atoms with E-state index in [0.717, 1.165) is 6.42 Å². The van der Waals surface area contributed by atoms with E-state index in [4.69, 9.17) is 10.00 Å². The first kappa shape index (κ1) is 16.4. The van der Waals surface area contributed by atoms with Gasteiger partial charge in [0.25, 0.3) is 0 Å². The van der Waals surface area contributed by atoms with E-state index in [1.807, 2.05) is 6.07 Å². The summed E-state index contributed by atoms with van der Waals surface area (Å²) in [6, 6.07) is 6.58. The van der Waals surface area contributed by atoms with Gasteiger partial charge >= 0.3 is 0 Å². The predicted octanol–water partition coefficient (Wildman–Crippen LogP) is 1.76. The van der Waals surface area contributed by atoms with Crippen LogP contribution in [-0.2, 0) is 4.74 Å². The monoisotopic (exact) mass is 317 g/mol. The Balaban J connectivity index is 2.13. The van der Waals surface area contributed by atoms with Crippen LogP contribution in [0.25, 0.3) is 5.57 Å². The van der Waals surface area contributed by atoms with Gasteiger partial charge in [0.15, 0.2) is 0 Å². The van der Waals surface area contributed by atoms with E-state index in [-0.39, 0.29) is 17.2 Å². The summed E-state index contributed by atoms with van der Waals surface area (Å²) in [6.45, 7) is 1.14. The Morgan fingerprint density at radius 1 is 1.52 bits per heavy atom. The molecule has 9 heteroatoms. The van der Waals surface area contributed by atoms with Crippen molar-refractivity contribution in [1.82, 2.24) is 20.6 Å². The molecule has 120 valence electrons. The third kappa shape index (κ3) is 4.49. The minimum Gasteiger partial charge on any atom is -0.385 e. The van der Waals surface area contributed by atoms with E-state index in [2.05, 4.69) is 31.3 Å². The molecule has 0 aliphatic carbocycles. The SMILES string of the molecule is COCCCNc1c(F)cccc1NC=C(C#N)c1nn[nH]n1. The Bertz CT molecular complexity index is 694. The van der Waals surface area contributed by atoms with Crippen molar-refractivity contribution in [2.45, 2.75) is 6.42 Å². The summed E-state index contributed by atoms with van der Waals surface area (Å²) < 4.78 is 18.9. The standard InChI is InChI=1S/C14H16FN7O/c1-23-7-3-6-17-13-11(15)4-2-5-12(13)18-9-10(8-16)14-19-21-22-20-14/h2,4-5,9,17-18H,3,6-7H2,1H3,(H,19,20,21,22). The zero-order valence-corrected chi connectivity index (χ0v) is 12.5. The van der Waals surface area contributed by atoms with Gasteiger partial charge in [-0.2, -0.15) is 10.5 Å². The number of tetrazole rings is 1.